The normalized spacial score (nSPS) is 13.9. The van der Waals surface area contributed by atoms with Crippen molar-refractivity contribution in [3.63, 3.8) is 0 Å². The maximum Gasteiger partial charge on any atom is 0.407 e. The maximum atomic E-state index is 15.6. The van der Waals surface area contributed by atoms with E-state index in [2.05, 4.69) is 45.4 Å². The number of benzene rings is 2. The number of aromatic amines is 2. The first-order valence-electron chi connectivity index (χ1n) is 17.2. The summed E-state index contributed by atoms with van der Waals surface area (Å²) in [6.07, 6.45) is 5.78. The van der Waals surface area contributed by atoms with Gasteiger partial charge in [0.05, 0.1) is 61.8 Å². The molecular formula is C37H40FN9O6. The molecule has 0 radical (unpaired) electrons. The molecule has 276 valence electrons. The van der Waals surface area contributed by atoms with E-state index in [9.17, 15) is 19.2 Å². The highest BCUT2D eigenvalue weighted by molar-refractivity contribution is 5.86. The maximum absolute atomic E-state index is 15.6. The predicted molar refractivity (Wildman–Crippen MR) is 193 cm³/mol. The van der Waals surface area contributed by atoms with E-state index in [1.54, 1.807) is 23.4 Å². The average molecular weight is 726 g/mol. The fraction of sp³-hybridized carbons (Fsp3) is 0.324. The lowest BCUT2D eigenvalue weighted by Gasteiger charge is -2.23. The first kappa shape index (κ1) is 36.5. The third-order valence-corrected chi connectivity index (χ3v) is 8.98. The van der Waals surface area contributed by atoms with E-state index in [1.807, 2.05) is 36.4 Å². The highest BCUT2D eigenvalue weighted by Crippen LogP contribution is 2.33. The fourth-order valence-corrected chi connectivity index (χ4v) is 6.23. The molecule has 2 aromatic carbocycles. The van der Waals surface area contributed by atoms with E-state index in [0.29, 0.717) is 54.3 Å². The number of rotatable bonds is 13. The van der Waals surface area contributed by atoms with Crippen LogP contribution in [0.5, 0.6) is 0 Å². The molecule has 6 rings (SSSR count). The van der Waals surface area contributed by atoms with Crippen LogP contribution in [-0.4, -0.2) is 94.2 Å². The number of likely N-dealkylation sites (tertiary alicyclic amines) is 1. The minimum atomic E-state index is -0.679. The molecule has 1 saturated heterocycles. The Bertz CT molecular complexity index is 2120. The van der Waals surface area contributed by atoms with Crippen molar-refractivity contribution in [2.75, 3.05) is 40.4 Å². The highest BCUT2D eigenvalue weighted by atomic mass is 19.1. The lowest BCUT2D eigenvalue weighted by Crippen LogP contribution is -2.40. The molecule has 1 aliphatic rings. The zero-order chi connectivity index (χ0) is 37.3. The van der Waals surface area contributed by atoms with Gasteiger partial charge in [-0.05, 0) is 56.0 Å². The van der Waals surface area contributed by atoms with Gasteiger partial charge in [0.1, 0.15) is 24.0 Å². The van der Waals surface area contributed by atoms with Gasteiger partial charge in [-0.2, -0.15) is 0 Å². The molecule has 16 heteroatoms. The van der Waals surface area contributed by atoms with Crippen molar-refractivity contribution < 1.29 is 33.0 Å². The number of hydrogen-bond donors (Lipinski definition) is 5. The van der Waals surface area contributed by atoms with Crippen molar-refractivity contribution in [3.8, 4) is 33.8 Å². The molecule has 0 bridgehead atoms. The van der Waals surface area contributed by atoms with Crippen LogP contribution in [0.1, 0.15) is 43.4 Å². The SMILES string of the molecule is COC(=O)NCC(=O)NCCCCc1ncc(-c2ccc3nc(-c4ccc(-c5cnc(C6CCCN6C(=O)CNC(=O)OC)[nH]5)c(F)c4)ccc3c2)[nH]1. The second-order valence-electron chi connectivity index (χ2n) is 12.5. The van der Waals surface area contributed by atoms with Crippen LogP contribution >= 0.6 is 0 Å². The molecule has 53 heavy (non-hydrogen) atoms. The number of methoxy groups -OCH3 is 2. The summed E-state index contributed by atoms with van der Waals surface area (Å²) in [6.45, 7) is 0.699. The Morgan fingerprint density at radius 1 is 0.868 bits per heavy atom. The highest BCUT2D eigenvalue weighted by Gasteiger charge is 2.32. The molecular weight excluding hydrogens is 685 g/mol. The van der Waals surface area contributed by atoms with Gasteiger partial charge in [0.25, 0.3) is 0 Å². The average Bonchev–Trinajstić information content (AvgIpc) is 3.97. The molecule has 4 heterocycles. The number of halogens is 1. The van der Waals surface area contributed by atoms with Crippen molar-refractivity contribution in [2.24, 2.45) is 0 Å². The van der Waals surface area contributed by atoms with Crippen LogP contribution in [0, 0.1) is 5.82 Å². The molecule has 4 amide bonds. The molecule has 15 nitrogen and oxygen atoms in total. The van der Waals surface area contributed by atoms with Crippen molar-refractivity contribution >= 4 is 34.9 Å². The van der Waals surface area contributed by atoms with Crippen LogP contribution in [0.2, 0.25) is 0 Å². The fourth-order valence-electron chi connectivity index (χ4n) is 6.23. The van der Waals surface area contributed by atoms with E-state index in [4.69, 9.17) is 4.98 Å². The van der Waals surface area contributed by atoms with E-state index in [-0.39, 0.29) is 30.9 Å². The Balaban J connectivity index is 1.05. The summed E-state index contributed by atoms with van der Waals surface area (Å²) in [4.78, 5) is 69.0. The molecule has 1 aliphatic heterocycles. The van der Waals surface area contributed by atoms with Gasteiger partial charge in [0.15, 0.2) is 0 Å². The molecule has 1 fully saturated rings. The van der Waals surface area contributed by atoms with E-state index >= 15 is 4.39 Å². The molecule has 1 atom stereocenters. The van der Waals surface area contributed by atoms with Gasteiger partial charge in [0.2, 0.25) is 11.8 Å². The Hall–Kier alpha value is -6.32. The number of unbranched alkanes of at least 4 members (excludes halogenated alkanes) is 1. The van der Waals surface area contributed by atoms with Crippen molar-refractivity contribution in [1.29, 1.82) is 0 Å². The minimum absolute atomic E-state index is 0.134. The number of alkyl carbamates (subject to hydrolysis) is 2. The number of aromatic nitrogens is 5. The molecule has 0 aliphatic carbocycles. The summed E-state index contributed by atoms with van der Waals surface area (Å²) in [5.74, 6) is 0.421. The van der Waals surface area contributed by atoms with Crippen LogP contribution in [0.15, 0.2) is 60.9 Å². The second-order valence-corrected chi connectivity index (χ2v) is 12.5. The first-order valence-corrected chi connectivity index (χ1v) is 17.2. The zero-order valence-electron chi connectivity index (χ0n) is 29.3. The zero-order valence-corrected chi connectivity index (χ0v) is 29.3. The summed E-state index contributed by atoms with van der Waals surface area (Å²) in [5.41, 5.74) is 4.67. The van der Waals surface area contributed by atoms with Crippen molar-refractivity contribution in [1.82, 2.24) is 45.8 Å². The number of nitrogens with zero attached hydrogens (tertiary/aromatic N) is 4. The summed E-state index contributed by atoms with van der Waals surface area (Å²) >= 11 is 0. The number of pyridine rings is 1. The Morgan fingerprint density at radius 3 is 2.43 bits per heavy atom. The Kier molecular flexibility index (Phi) is 11.6. The topological polar surface area (TPSA) is 196 Å². The van der Waals surface area contributed by atoms with Crippen LogP contribution in [-0.2, 0) is 25.5 Å². The summed E-state index contributed by atoms with van der Waals surface area (Å²) in [6, 6.07) is 14.4. The van der Waals surface area contributed by atoms with Gasteiger partial charge in [0, 0.05) is 41.6 Å². The van der Waals surface area contributed by atoms with E-state index in [0.717, 1.165) is 47.2 Å². The van der Waals surface area contributed by atoms with Gasteiger partial charge >= 0.3 is 12.2 Å². The largest absolute Gasteiger partial charge is 0.453 e. The lowest BCUT2D eigenvalue weighted by atomic mass is 10.0. The number of carbonyl (C=O) groups is 4. The quantitative estimate of drug-likeness (QED) is 0.108. The number of fused-ring (bicyclic) bond motifs is 1. The number of ether oxygens (including phenoxy) is 2. The van der Waals surface area contributed by atoms with Crippen LogP contribution in [0.3, 0.4) is 0 Å². The standard InChI is InChI=1S/C37H40FN9O6/c1-52-36(50)42-20-33(48)39-14-4-3-7-32-40-18-29(45-32)23-10-13-27-22(16-23)9-12-28(44-27)24-8-11-25(26(38)17-24)30-19-41-35(46-30)31-6-5-15-47(31)34(49)21-43-37(51)53-2/h8-13,16-19,31H,3-7,14-15,20-21H2,1-2H3,(H,39,48)(H,40,45)(H,41,46)(H,42,50)(H,43,51). The van der Waals surface area contributed by atoms with Crippen molar-refractivity contribution in [2.45, 2.75) is 38.1 Å². The molecule has 3 aromatic heterocycles. The van der Waals surface area contributed by atoms with Crippen molar-refractivity contribution in [3.05, 3.63) is 78.4 Å². The summed E-state index contributed by atoms with van der Waals surface area (Å²) in [7, 11) is 2.47. The van der Waals surface area contributed by atoms with E-state index in [1.165, 1.54) is 20.3 Å². The monoisotopic (exact) mass is 725 g/mol. The second kappa shape index (κ2) is 16.8. The third-order valence-electron chi connectivity index (χ3n) is 8.98. The number of imidazole rings is 2. The van der Waals surface area contributed by atoms with Gasteiger partial charge in [-0.25, -0.2) is 28.9 Å². The van der Waals surface area contributed by atoms with Gasteiger partial charge in [-0.15, -0.1) is 0 Å². The number of aryl methyl sites for hydroxylation is 1. The molecule has 0 saturated carbocycles. The summed E-state index contributed by atoms with van der Waals surface area (Å²) < 4.78 is 24.5. The smallest absolute Gasteiger partial charge is 0.407 e. The number of amides is 4. The van der Waals surface area contributed by atoms with Gasteiger partial charge < -0.3 is 40.3 Å². The summed E-state index contributed by atoms with van der Waals surface area (Å²) in [5, 5.41) is 8.43. The number of hydrogen-bond acceptors (Lipinski definition) is 9. The molecule has 5 N–H and O–H groups in total. The minimum Gasteiger partial charge on any atom is -0.453 e. The molecule has 0 spiro atoms. The number of H-pyrrole nitrogens is 2. The van der Waals surface area contributed by atoms with E-state index < -0.39 is 18.0 Å². The van der Waals surface area contributed by atoms with Crippen LogP contribution in [0.4, 0.5) is 14.0 Å². The van der Waals surface area contributed by atoms with Crippen LogP contribution < -0.4 is 16.0 Å². The van der Waals surface area contributed by atoms with Crippen LogP contribution in [0.25, 0.3) is 44.7 Å². The Labute approximate surface area is 304 Å². The number of nitrogens with one attached hydrogen (secondary N) is 5. The third kappa shape index (κ3) is 8.95. The molecule has 5 aromatic rings. The number of carbonyl (C=O) groups excluding carboxylic acids is 4. The Morgan fingerprint density at radius 2 is 1.64 bits per heavy atom. The first-order chi connectivity index (χ1) is 25.7. The lowest BCUT2D eigenvalue weighted by molar-refractivity contribution is -0.131. The molecule has 1 unspecified atom stereocenters. The van der Waals surface area contributed by atoms with Gasteiger partial charge in [-0.3, -0.25) is 9.59 Å². The van der Waals surface area contributed by atoms with Gasteiger partial charge in [-0.1, -0.05) is 18.2 Å². The predicted octanol–water partition coefficient (Wildman–Crippen LogP) is 4.64.